The van der Waals surface area contributed by atoms with Crippen LogP contribution >= 0.6 is 0 Å². The van der Waals surface area contributed by atoms with Crippen molar-refractivity contribution in [1.29, 1.82) is 0 Å². The normalized spacial score (nSPS) is 10.2. The van der Waals surface area contributed by atoms with Gasteiger partial charge in [-0.05, 0) is 12.5 Å². The zero-order valence-electron chi connectivity index (χ0n) is 11.6. The fourth-order valence-electron chi connectivity index (χ4n) is 1.75. The number of hydrogen-bond acceptors (Lipinski definition) is 5. The molecule has 5 nitrogen and oxygen atoms in total. The number of hydrogen-bond donors (Lipinski definition) is 0. The fraction of sp³-hybridized carbons (Fsp3) is 0.267. The summed E-state index contributed by atoms with van der Waals surface area (Å²) in [6, 6.07) is 9.53. The summed E-state index contributed by atoms with van der Waals surface area (Å²) in [7, 11) is 2.83. The van der Waals surface area contributed by atoms with Gasteiger partial charge in [-0.1, -0.05) is 30.3 Å². The first-order chi connectivity index (χ1) is 9.67. The summed E-state index contributed by atoms with van der Waals surface area (Å²) in [5.74, 6) is 0.182. The van der Waals surface area contributed by atoms with E-state index in [1.807, 2.05) is 30.3 Å². The zero-order chi connectivity index (χ0) is 14.5. The van der Waals surface area contributed by atoms with Crippen molar-refractivity contribution >= 4 is 0 Å². The van der Waals surface area contributed by atoms with Crippen molar-refractivity contribution in [2.75, 3.05) is 14.2 Å². The standard InChI is InChI=1S/C15H16O5/c1-10-12(16)13(15(18-3)20-14(10)17-2)19-9-11-7-5-4-6-8-11/h4-8H,9H2,1-3H3. The molecule has 2 aromatic rings. The number of methoxy groups -OCH3 is 2. The van der Waals surface area contributed by atoms with Crippen molar-refractivity contribution in [2.45, 2.75) is 13.5 Å². The van der Waals surface area contributed by atoms with Gasteiger partial charge in [0.2, 0.25) is 11.2 Å². The number of ether oxygens (including phenoxy) is 3. The van der Waals surface area contributed by atoms with Gasteiger partial charge in [0.15, 0.2) is 0 Å². The van der Waals surface area contributed by atoms with Gasteiger partial charge < -0.3 is 18.6 Å². The third-order valence-corrected chi connectivity index (χ3v) is 2.82. The van der Waals surface area contributed by atoms with Crippen LogP contribution in [0.1, 0.15) is 11.1 Å². The molecule has 1 aromatic carbocycles. The summed E-state index contributed by atoms with van der Waals surface area (Å²) in [5, 5.41) is 0. The summed E-state index contributed by atoms with van der Waals surface area (Å²) in [6.07, 6.45) is 0. The SMILES string of the molecule is COc1oc(OC)c(OCc2ccccc2)c(=O)c1C. The van der Waals surface area contributed by atoms with E-state index in [1.54, 1.807) is 6.92 Å². The molecule has 0 saturated carbocycles. The third kappa shape index (κ3) is 2.77. The molecule has 0 unspecified atom stereocenters. The maximum Gasteiger partial charge on any atom is 0.335 e. The number of rotatable bonds is 5. The van der Waals surface area contributed by atoms with Crippen molar-refractivity contribution in [2.24, 2.45) is 0 Å². The molecular formula is C15H16O5. The second-order valence-corrected chi connectivity index (χ2v) is 4.14. The van der Waals surface area contributed by atoms with E-state index < -0.39 is 0 Å². The lowest BCUT2D eigenvalue weighted by molar-refractivity contribution is 0.199. The summed E-state index contributed by atoms with van der Waals surface area (Å²) in [5.41, 5.74) is 0.986. The summed E-state index contributed by atoms with van der Waals surface area (Å²) < 4.78 is 20.9. The number of benzene rings is 1. The van der Waals surface area contributed by atoms with E-state index in [2.05, 4.69) is 0 Å². The highest BCUT2D eigenvalue weighted by Gasteiger charge is 2.19. The van der Waals surface area contributed by atoms with Crippen LogP contribution in [0.5, 0.6) is 17.6 Å². The largest absolute Gasteiger partial charge is 0.479 e. The molecule has 0 bridgehead atoms. The Bertz CT molecular complexity index is 631. The van der Waals surface area contributed by atoms with Crippen LogP contribution < -0.4 is 19.6 Å². The fourth-order valence-corrected chi connectivity index (χ4v) is 1.75. The first-order valence-electron chi connectivity index (χ1n) is 6.09. The Morgan fingerprint density at radius 3 is 2.30 bits per heavy atom. The first kappa shape index (κ1) is 14.0. The Balaban J connectivity index is 2.31. The van der Waals surface area contributed by atoms with Crippen LogP contribution in [-0.2, 0) is 6.61 Å². The summed E-state index contributed by atoms with van der Waals surface area (Å²) >= 11 is 0. The monoisotopic (exact) mass is 276 g/mol. The predicted octanol–water partition coefficient (Wildman–Crippen LogP) is 2.54. The lowest BCUT2D eigenvalue weighted by Gasteiger charge is -2.11. The van der Waals surface area contributed by atoms with Crippen molar-refractivity contribution < 1.29 is 18.6 Å². The zero-order valence-corrected chi connectivity index (χ0v) is 11.6. The minimum absolute atomic E-state index is 0.00776. The third-order valence-electron chi connectivity index (χ3n) is 2.82. The molecule has 0 aliphatic rings. The van der Waals surface area contributed by atoms with Crippen LogP contribution in [0.25, 0.3) is 0 Å². The van der Waals surface area contributed by atoms with Gasteiger partial charge in [-0.3, -0.25) is 4.79 Å². The second kappa shape index (κ2) is 6.14. The van der Waals surface area contributed by atoms with Crippen LogP contribution in [0, 0.1) is 6.92 Å². The van der Waals surface area contributed by atoms with Crippen LogP contribution in [0.15, 0.2) is 39.5 Å². The average molecular weight is 276 g/mol. The second-order valence-electron chi connectivity index (χ2n) is 4.14. The predicted molar refractivity (Wildman–Crippen MR) is 73.6 cm³/mol. The molecule has 106 valence electrons. The molecule has 0 N–H and O–H groups in total. The van der Waals surface area contributed by atoms with Crippen molar-refractivity contribution in [3.05, 3.63) is 51.7 Å². The summed E-state index contributed by atoms with van der Waals surface area (Å²) in [4.78, 5) is 12.2. The van der Waals surface area contributed by atoms with Gasteiger partial charge in [0.05, 0.1) is 19.8 Å². The first-order valence-corrected chi connectivity index (χ1v) is 6.09. The maximum atomic E-state index is 12.2. The molecule has 0 saturated heterocycles. The van der Waals surface area contributed by atoms with E-state index in [0.717, 1.165) is 5.56 Å². The van der Waals surface area contributed by atoms with Gasteiger partial charge in [0.1, 0.15) is 6.61 Å². The Labute approximate surface area is 116 Å². The molecule has 1 heterocycles. The van der Waals surface area contributed by atoms with Crippen molar-refractivity contribution in [1.82, 2.24) is 0 Å². The maximum absolute atomic E-state index is 12.2. The molecule has 0 spiro atoms. The minimum atomic E-state index is -0.305. The van der Waals surface area contributed by atoms with Crippen LogP contribution in [0.4, 0.5) is 0 Å². The van der Waals surface area contributed by atoms with E-state index in [9.17, 15) is 4.79 Å². The molecular weight excluding hydrogens is 260 g/mol. The molecule has 0 radical (unpaired) electrons. The highest BCUT2D eigenvalue weighted by molar-refractivity contribution is 5.38. The van der Waals surface area contributed by atoms with E-state index in [-0.39, 0.29) is 29.7 Å². The summed E-state index contributed by atoms with van der Waals surface area (Å²) in [6.45, 7) is 1.87. The Hall–Kier alpha value is -2.43. The smallest absolute Gasteiger partial charge is 0.335 e. The van der Waals surface area contributed by atoms with Crippen molar-refractivity contribution in [3.8, 4) is 17.6 Å². The van der Waals surface area contributed by atoms with E-state index in [1.165, 1.54) is 14.2 Å². The van der Waals surface area contributed by atoms with Crippen LogP contribution in [0.3, 0.4) is 0 Å². The Kier molecular flexibility index (Phi) is 4.30. The average Bonchev–Trinajstić information content (AvgIpc) is 2.49. The quantitative estimate of drug-likeness (QED) is 0.840. The molecule has 5 heteroatoms. The minimum Gasteiger partial charge on any atom is -0.479 e. The molecule has 0 aliphatic carbocycles. The van der Waals surface area contributed by atoms with E-state index in [4.69, 9.17) is 18.6 Å². The van der Waals surface area contributed by atoms with Gasteiger partial charge >= 0.3 is 5.95 Å². The lowest BCUT2D eigenvalue weighted by atomic mass is 10.2. The molecule has 0 aliphatic heterocycles. The van der Waals surface area contributed by atoms with E-state index >= 15 is 0 Å². The lowest BCUT2D eigenvalue weighted by Crippen LogP contribution is -2.13. The van der Waals surface area contributed by atoms with Gasteiger partial charge in [-0.2, -0.15) is 0 Å². The highest BCUT2D eigenvalue weighted by Crippen LogP contribution is 2.30. The van der Waals surface area contributed by atoms with Gasteiger partial charge in [-0.15, -0.1) is 0 Å². The van der Waals surface area contributed by atoms with Gasteiger partial charge in [0.25, 0.3) is 5.95 Å². The topological polar surface area (TPSA) is 57.9 Å². The Morgan fingerprint density at radius 1 is 1.05 bits per heavy atom. The van der Waals surface area contributed by atoms with Crippen LogP contribution in [-0.4, -0.2) is 14.2 Å². The molecule has 1 aromatic heterocycles. The Morgan fingerprint density at radius 2 is 1.70 bits per heavy atom. The van der Waals surface area contributed by atoms with Gasteiger partial charge in [0, 0.05) is 0 Å². The van der Waals surface area contributed by atoms with Crippen molar-refractivity contribution in [3.63, 3.8) is 0 Å². The molecule has 0 fully saturated rings. The molecule has 0 atom stereocenters. The molecule has 20 heavy (non-hydrogen) atoms. The van der Waals surface area contributed by atoms with Crippen LogP contribution in [0.2, 0.25) is 0 Å². The molecule has 2 rings (SSSR count). The molecule has 0 amide bonds. The van der Waals surface area contributed by atoms with Gasteiger partial charge in [-0.25, -0.2) is 0 Å². The van der Waals surface area contributed by atoms with E-state index in [0.29, 0.717) is 5.56 Å². The highest BCUT2D eigenvalue weighted by atomic mass is 16.7.